The summed E-state index contributed by atoms with van der Waals surface area (Å²) in [6, 6.07) is 11.3. The Morgan fingerprint density at radius 1 is 1.03 bits per heavy atom. The Bertz CT molecular complexity index is 867. The third-order valence-corrected chi connectivity index (χ3v) is 3.91. The third kappa shape index (κ3) is 6.80. The van der Waals surface area contributed by atoms with Gasteiger partial charge in [-0.3, -0.25) is 19.7 Å². The Morgan fingerprint density at radius 3 is 2.31 bits per heavy atom. The molecule has 9 heteroatoms. The molecule has 0 bridgehead atoms. The molecule has 0 spiro atoms. The van der Waals surface area contributed by atoms with Gasteiger partial charge in [-0.15, -0.1) is 0 Å². The number of nitro benzene ring substituents is 1. The van der Waals surface area contributed by atoms with Crippen molar-refractivity contribution in [3.05, 3.63) is 63.7 Å². The number of hydrogen-bond acceptors (Lipinski definition) is 6. The van der Waals surface area contributed by atoms with Gasteiger partial charge in [0.25, 0.3) is 11.6 Å². The van der Waals surface area contributed by atoms with Gasteiger partial charge >= 0.3 is 0 Å². The van der Waals surface area contributed by atoms with Crippen molar-refractivity contribution < 1.29 is 24.0 Å². The van der Waals surface area contributed by atoms with Gasteiger partial charge in [0.2, 0.25) is 5.91 Å². The second-order valence-corrected chi connectivity index (χ2v) is 6.04. The van der Waals surface area contributed by atoms with Crippen LogP contribution in [-0.4, -0.2) is 43.0 Å². The van der Waals surface area contributed by atoms with Crippen LogP contribution >= 0.6 is 0 Å². The second kappa shape index (κ2) is 10.6. The molecule has 0 radical (unpaired) electrons. The van der Waals surface area contributed by atoms with Crippen LogP contribution in [0.3, 0.4) is 0 Å². The smallest absolute Gasteiger partial charge is 0.273 e. The van der Waals surface area contributed by atoms with E-state index >= 15 is 0 Å². The van der Waals surface area contributed by atoms with Crippen molar-refractivity contribution in [3.63, 3.8) is 0 Å². The average Bonchev–Trinajstić information content (AvgIpc) is 2.71. The topological polar surface area (TPSA) is 120 Å². The van der Waals surface area contributed by atoms with E-state index in [2.05, 4.69) is 10.6 Å². The number of nitrogens with zero attached hydrogens (tertiary/aromatic N) is 1. The molecule has 0 aliphatic carbocycles. The first-order valence-electron chi connectivity index (χ1n) is 9.06. The fraction of sp³-hybridized carbons (Fsp3) is 0.300. The molecule has 2 aromatic carbocycles. The minimum absolute atomic E-state index is 0.119. The van der Waals surface area contributed by atoms with Gasteiger partial charge in [-0.25, -0.2) is 0 Å². The fourth-order valence-electron chi connectivity index (χ4n) is 2.43. The lowest BCUT2D eigenvalue weighted by Gasteiger charge is -2.09. The van der Waals surface area contributed by atoms with Gasteiger partial charge in [0.1, 0.15) is 18.1 Å². The number of aryl methyl sites for hydroxylation is 1. The predicted molar refractivity (Wildman–Crippen MR) is 106 cm³/mol. The van der Waals surface area contributed by atoms with Crippen molar-refractivity contribution in [2.24, 2.45) is 0 Å². The van der Waals surface area contributed by atoms with Gasteiger partial charge < -0.3 is 20.1 Å². The number of carbonyl (C=O) groups excluding carboxylic acids is 2. The molecule has 2 rings (SSSR count). The van der Waals surface area contributed by atoms with Crippen LogP contribution in [0.5, 0.6) is 11.5 Å². The molecule has 2 amide bonds. The maximum atomic E-state index is 12.1. The fourth-order valence-corrected chi connectivity index (χ4v) is 2.43. The highest BCUT2D eigenvalue weighted by atomic mass is 16.6. The van der Waals surface area contributed by atoms with Gasteiger partial charge in [0, 0.05) is 17.2 Å². The van der Waals surface area contributed by atoms with Crippen LogP contribution in [0.15, 0.2) is 42.5 Å². The number of nitrogens with one attached hydrogen (secondary N) is 2. The summed E-state index contributed by atoms with van der Waals surface area (Å²) in [4.78, 5) is 34.3. The monoisotopic (exact) mass is 401 g/mol. The maximum Gasteiger partial charge on any atom is 0.273 e. The zero-order valence-corrected chi connectivity index (χ0v) is 16.3. The van der Waals surface area contributed by atoms with Crippen molar-refractivity contribution in [3.8, 4) is 11.5 Å². The highest BCUT2D eigenvalue weighted by molar-refractivity contribution is 5.97. The Labute approximate surface area is 168 Å². The molecule has 0 heterocycles. The normalized spacial score (nSPS) is 10.1. The Kier molecular flexibility index (Phi) is 7.96. The summed E-state index contributed by atoms with van der Waals surface area (Å²) in [6.45, 7) is 4.35. The van der Waals surface area contributed by atoms with Crippen LogP contribution in [0.2, 0.25) is 0 Å². The van der Waals surface area contributed by atoms with Crippen molar-refractivity contribution >= 4 is 17.5 Å². The first-order chi connectivity index (χ1) is 13.9. The zero-order chi connectivity index (χ0) is 21.2. The number of benzene rings is 2. The lowest BCUT2D eigenvalue weighted by atomic mass is 10.1. The highest BCUT2D eigenvalue weighted by Crippen LogP contribution is 2.19. The second-order valence-electron chi connectivity index (χ2n) is 6.04. The van der Waals surface area contributed by atoms with E-state index in [-0.39, 0.29) is 30.9 Å². The molecule has 0 fully saturated rings. The Hall–Kier alpha value is -3.62. The van der Waals surface area contributed by atoms with E-state index in [1.165, 1.54) is 18.2 Å². The standard InChI is InChI=1S/C20H23N3O6/c1-3-28-16-6-8-17(9-7-16)29-11-10-21-19(24)13-22-20(25)15-5-4-14(2)18(12-15)23(26)27/h4-9,12H,3,10-11,13H2,1-2H3,(H,21,24)(H,22,25). The molecule has 0 atom stereocenters. The molecule has 2 N–H and O–H groups in total. The molecule has 0 aliphatic rings. The summed E-state index contributed by atoms with van der Waals surface area (Å²) < 4.78 is 10.8. The minimum atomic E-state index is -0.561. The summed E-state index contributed by atoms with van der Waals surface area (Å²) in [5.74, 6) is 0.448. The van der Waals surface area contributed by atoms with Gasteiger partial charge in [-0.1, -0.05) is 6.07 Å². The summed E-state index contributed by atoms with van der Waals surface area (Å²) in [7, 11) is 0. The lowest BCUT2D eigenvalue weighted by Crippen LogP contribution is -2.38. The molecule has 0 saturated carbocycles. The predicted octanol–water partition coefficient (Wildman–Crippen LogP) is 2.23. The molecule has 2 aromatic rings. The van der Waals surface area contributed by atoms with E-state index < -0.39 is 16.7 Å². The molecule has 0 saturated heterocycles. The number of carbonyl (C=O) groups is 2. The van der Waals surface area contributed by atoms with Gasteiger partial charge in [-0.05, 0) is 44.2 Å². The number of hydrogen-bond donors (Lipinski definition) is 2. The molecule has 154 valence electrons. The Balaban J connectivity index is 1.71. The van der Waals surface area contributed by atoms with E-state index in [1.807, 2.05) is 6.92 Å². The highest BCUT2D eigenvalue weighted by Gasteiger charge is 2.15. The summed E-state index contributed by atoms with van der Waals surface area (Å²) in [5.41, 5.74) is 0.430. The van der Waals surface area contributed by atoms with Gasteiger partial charge in [0.05, 0.1) is 24.6 Å². The van der Waals surface area contributed by atoms with E-state index in [4.69, 9.17) is 9.47 Å². The number of amides is 2. The largest absolute Gasteiger partial charge is 0.494 e. The third-order valence-electron chi connectivity index (χ3n) is 3.91. The van der Waals surface area contributed by atoms with E-state index in [0.29, 0.717) is 17.9 Å². The van der Waals surface area contributed by atoms with Crippen LogP contribution in [-0.2, 0) is 4.79 Å². The molecular formula is C20H23N3O6. The van der Waals surface area contributed by atoms with Crippen molar-refractivity contribution in [2.45, 2.75) is 13.8 Å². The quantitative estimate of drug-likeness (QED) is 0.358. The van der Waals surface area contributed by atoms with E-state index in [0.717, 1.165) is 5.75 Å². The van der Waals surface area contributed by atoms with Crippen molar-refractivity contribution in [1.82, 2.24) is 10.6 Å². The average molecular weight is 401 g/mol. The van der Waals surface area contributed by atoms with Crippen LogP contribution in [0, 0.1) is 17.0 Å². The first kappa shape index (κ1) is 21.7. The van der Waals surface area contributed by atoms with Crippen molar-refractivity contribution in [1.29, 1.82) is 0 Å². The van der Waals surface area contributed by atoms with E-state index in [1.54, 1.807) is 31.2 Å². The molecule has 9 nitrogen and oxygen atoms in total. The maximum absolute atomic E-state index is 12.1. The number of rotatable bonds is 10. The lowest BCUT2D eigenvalue weighted by molar-refractivity contribution is -0.385. The zero-order valence-electron chi connectivity index (χ0n) is 16.3. The summed E-state index contributed by atoms with van der Waals surface area (Å²) in [6.07, 6.45) is 0. The minimum Gasteiger partial charge on any atom is -0.494 e. The molecule has 0 aromatic heterocycles. The first-order valence-corrected chi connectivity index (χ1v) is 9.06. The SMILES string of the molecule is CCOc1ccc(OCCNC(=O)CNC(=O)c2ccc(C)c([N+](=O)[O-])c2)cc1. The summed E-state index contributed by atoms with van der Waals surface area (Å²) >= 11 is 0. The van der Waals surface area contributed by atoms with Crippen LogP contribution < -0.4 is 20.1 Å². The van der Waals surface area contributed by atoms with Crippen molar-refractivity contribution in [2.75, 3.05) is 26.3 Å². The van der Waals surface area contributed by atoms with Gasteiger partial charge in [0.15, 0.2) is 0 Å². The van der Waals surface area contributed by atoms with Gasteiger partial charge in [-0.2, -0.15) is 0 Å². The molecule has 0 unspecified atom stereocenters. The molecule has 29 heavy (non-hydrogen) atoms. The summed E-state index contributed by atoms with van der Waals surface area (Å²) in [5, 5.41) is 16.0. The van der Waals surface area contributed by atoms with E-state index in [9.17, 15) is 19.7 Å². The van der Waals surface area contributed by atoms with Crippen LogP contribution in [0.25, 0.3) is 0 Å². The van der Waals surface area contributed by atoms with Crippen LogP contribution in [0.1, 0.15) is 22.8 Å². The molecule has 0 aliphatic heterocycles. The number of nitro groups is 1. The number of ether oxygens (including phenoxy) is 2. The Morgan fingerprint density at radius 2 is 1.69 bits per heavy atom. The van der Waals surface area contributed by atoms with Crippen LogP contribution in [0.4, 0.5) is 5.69 Å². The molecular weight excluding hydrogens is 378 g/mol.